The first-order valence-electron chi connectivity index (χ1n) is 13.0. The number of hydrogen-bond acceptors (Lipinski definition) is 7. The Labute approximate surface area is 252 Å². The summed E-state index contributed by atoms with van der Waals surface area (Å²) in [6.45, 7) is 2.08. The average Bonchev–Trinajstić information content (AvgIpc) is 3.30. The molecule has 0 aliphatic carbocycles. The number of esters is 1. The van der Waals surface area contributed by atoms with E-state index in [-0.39, 0.29) is 33.6 Å². The molecule has 0 spiro atoms. The number of methoxy groups -OCH3 is 1. The minimum absolute atomic E-state index is 0.0177. The van der Waals surface area contributed by atoms with Gasteiger partial charge in [0.1, 0.15) is 23.0 Å². The lowest BCUT2D eigenvalue weighted by molar-refractivity contribution is -0.138. The van der Waals surface area contributed by atoms with Gasteiger partial charge in [-0.15, -0.1) is 0 Å². The predicted molar refractivity (Wildman–Crippen MR) is 166 cm³/mol. The molecule has 0 saturated carbocycles. The van der Waals surface area contributed by atoms with E-state index in [1.165, 1.54) is 6.07 Å². The molecule has 0 radical (unpaired) electrons. The fourth-order valence-corrected chi connectivity index (χ4v) is 5.63. The maximum atomic E-state index is 12.9. The SMILES string of the molecule is CCOC(=O)C1=C(O)/C(=C/c2ccc(OCc3cccc4ccccc34)c(OC)c2)SC1=NC(=O)c1ccccc1Cl. The van der Waals surface area contributed by atoms with Crippen LogP contribution in [0.2, 0.25) is 5.02 Å². The van der Waals surface area contributed by atoms with Crippen molar-refractivity contribution >= 4 is 57.1 Å². The van der Waals surface area contributed by atoms with E-state index in [1.54, 1.807) is 56.5 Å². The van der Waals surface area contributed by atoms with Crippen molar-refractivity contribution in [2.75, 3.05) is 13.7 Å². The second-order valence-corrected chi connectivity index (χ2v) is 10.5. The van der Waals surface area contributed by atoms with Gasteiger partial charge in [0, 0.05) is 0 Å². The van der Waals surface area contributed by atoms with E-state index in [0.29, 0.717) is 28.6 Å². The monoisotopic (exact) mass is 599 g/mol. The van der Waals surface area contributed by atoms with Gasteiger partial charge in [0.05, 0.1) is 29.2 Å². The third-order valence-corrected chi connectivity index (χ3v) is 7.78. The standard InChI is InChI=1S/C33H26ClNO6S/c1-3-40-33(38)29-30(36)28(42-32(29)35-31(37)24-13-6-7-14-25(24)34)18-20-15-16-26(27(17-20)39-2)41-19-22-11-8-10-21-9-4-5-12-23(21)22/h4-18,36H,3,19H2,1-2H3/b28-18-,35-32?. The van der Waals surface area contributed by atoms with Crippen molar-refractivity contribution in [2.45, 2.75) is 13.5 Å². The van der Waals surface area contributed by atoms with Crippen molar-refractivity contribution in [2.24, 2.45) is 4.99 Å². The highest BCUT2D eigenvalue weighted by Gasteiger charge is 2.34. The molecule has 4 aromatic rings. The zero-order valence-corrected chi connectivity index (χ0v) is 24.4. The summed E-state index contributed by atoms with van der Waals surface area (Å²) in [5.74, 6) is -0.727. The van der Waals surface area contributed by atoms with Gasteiger partial charge in [-0.3, -0.25) is 4.79 Å². The van der Waals surface area contributed by atoms with Crippen molar-refractivity contribution in [1.82, 2.24) is 0 Å². The van der Waals surface area contributed by atoms with Crippen molar-refractivity contribution in [3.05, 3.63) is 123 Å². The summed E-state index contributed by atoms with van der Waals surface area (Å²) in [6.07, 6.45) is 1.67. The number of carbonyl (C=O) groups excluding carboxylic acids is 2. The van der Waals surface area contributed by atoms with Gasteiger partial charge in [0.2, 0.25) is 0 Å². The number of fused-ring (bicyclic) bond motifs is 1. The van der Waals surface area contributed by atoms with Crippen LogP contribution in [0.4, 0.5) is 0 Å². The fraction of sp³-hybridized carbons (Fsp3) is 0.121. The first kappa shape index (κ1) is 29.0. The largest absolute Gasteiger partial charge is 0.506 e. The van der Waals surface area contributed by atoms with E-state index in [9.17, 15) is 14.7 Å². The number of aliphatic hydroxyl groups is 1. The number of halogens is 1. The number of aliphatic hydroxyl groups excluding tert-OH is 1. The molecule has 9 heteroatoms. The zero-order valence-electron chi connectivity index (χ0n) is 22.8. The molecule has 0 bridgehead atoms. The molecule has 1 aliphatic rings. The molecule has 5 rings (SSSR count). The Morgan fingerprint density at radius 3 is 2.52 bits per heavy atom. The molecule has 1 N–H and O–H groups in total. The quantitative estimate of drug-likeness (QED) is 0.207. The van der Waals surface area contributed by atoms with E-state index in [4.69, 9.17) is 25.8 Å². The number of amides is 1. The van der Waals surface area contributed by atoms with E-state index < -0.39 is 11.9 Å². The number of thioether (sulfide) groups is 1. The Morgan fingerprint density at radius 2 is 1.74 bits per heavy atom. The molecule has 42 heavy (non-hydrogen) atoms. The topological polar surface area (TPSA) is 94.4 Å². The number of ether oxygens (including phenoxy) is 3. The molecular weight excluding hydrogens is 574 g/mol. The maximum absolute atomic E-state index is 12.9. The second-order valence-electron chi connectivity index (χ2n) is 9.09. The molecule has 0 unspecified atom stereocenters. The Bertz CT molecular complexity index is 1770. The number of aliphatic imine (C=N–C) groups is 1. The summed E-state index contributed by atoms with van der Waals surface area (Å²) in [4.78, 5) is 30.0. The second kappa shape index (κ2) is 13.0. The number of benzene rings is 4. The van der Waals surface area contributed by atoms with Crippen LogP contribution < -0.4 is 9.47 Å². The lowest BCUT2D eigenvalue weighted by Gasteiger charge is -2.13. The van der Waals surface area contributed by atoms with Crippen LogP contribution in [0, 0.1) is 0 Å². The van der Waals surface area contributed by atoms with Crippen LogP contribution in [0.25, 0.3) is 16.8 Å². The summed E-state index contributed by atoms with van der Waals surface area (Å²) < 4.78 is 16.8. The normalized spacial score (nSPS) is 14.9. The van der Waals surface area contributed by atoms with Gasteiger partial charge in [-0.2, -0.15) is 0 Å². The molecule has 4 aromatic carbocycles. The van der Waals surface area contributed by atoms with Gasteiger partial charge >= 0.3 is 5.97 Å². The van der Waals surface area contributed by atoms with E-state index in [0.717, 1.165) is 28.1 Å². The van der Waals surface area contributed by atoms with Gasteiger partial charge in [-0.1, -0.05) is 84.0 Å². The summed E-state index contributed by atoms with van der Waals surface area (Å²) in [7, 11) is 1.54. The van der Waals surface area contributed by atoms with E-state index >= 15 is 0 Å². The zero-order chi connectivity index (χ0) is 29.6. The molecule has 0 aromatic heterocycles. The summed E-state index contributed by atoms with van der Waals surface area (Å²) in [6, 6.07) is 26.0. The molecule has 212 valence electrons. The van der Waals surface area contributed by atoms with E-state index in [2.05, 4.69) is 23.2 Å². The fourth-order valence-electron chi connectivity index (χ4n) is 4.40. The van der Waals surface area contributed by atoms with Crippen molar-refractivity contribution in [1.29, 1.82) is 0 Å². The Balaban J connectivity index is 1.42. The number of hydrogen-bond donors (Lipinski definition) is 1. The number of carbonyl (C=O) groups is 2. The first-order valence-corrected chi connectivity index (χ1v) is 14.2. The van der Waals surface area contributed by atoms with Crippen LogP contribution in [0.5, 0.6) is 11.5 Å². The van der Waals surface area contributed by atoms with Gasteiger partial charge in [0.25, 0.3) is 5.91 Å². The average molecular weight is 600 g/mol. The molecule has 1 aliphatic heterocycles. The van der Waals surface area contributed by atoms with Crippen LogP contribution in [-0.4, -0.2) is 35.7 Å². The molecule has 0 atom stereocenters. The molecule has 1 heterocycles. The van der Waals surface area contributed by atoms with Gasteiger partial charge in [-0.25, -0.2) is 9.79 Å². The number of nitrogens with zero attached hydrogens (tertiary/aromatic N) is 1. The summed E-state index contributed by atoms with van der Waals surface area (Å²) in [5.41, 5.74) is 1.70. The van der Waals surface area contributed by atoms with Gasteiger partial charge < -0.3 is 19.3 Å². The molecule has 7 nitrogen and oxygen atoms in total. The third kappa shape index (κ3) is 6.20. The minimum atomic E-state index is -0.786. The third-order valence-electron chi connectivity index (χ3n) is 6.43. The van der Waals surface area contributed by atoms with Crippen molar-refractivity contribution in [3.8, 4) is 11.5 Å². The molecule has 0 fully saturated rings. The Hall–Kier alpha value is -4.53. The lowest BCUT2D eigenvalue weighted by atomic mass is 10.1. The molecule has 1 amide bonds. The first-order chi connectivity index (χ1) is 20.4. The van der Waals surface area contributed by atoms with Crippen LogP contribution >= 0.6 is 23.4 Å². The highest BCUT2D eigenvalue weighted by molar-refractivity contribution is 8.18. The lowest BCUT2D eigenvalue weighted by Crippen LogP contribution is -2.14. The van der Waals surface area contributed by atoms with Gasteiger partial charge in [-0.05, 0) is 59.2 Å². The Kier molecular flexibility index (Phi) is 8.95. The maximum Gasteiger partial charge on any atom is 0.344 e. The van der Waals surface area contributed by atoms with Crippen molar-refractivity contribution in [3.63, 3.8) is 0 Å². The predicted octanol–water partition coefficient (Wildman–Crippen LogP) is 7.78. The molecule has 0 saturated heterocycles. The summed E-state index contributed by atoms with van der Waals surface area (Å²) in [5, 5.41) is 13.5. The smallest absolute Gasteiger partial charge is 0.344 e. The van der Waals surface area contributed by atoms with Crippen LogP contribution in [-0.2, 0) is 16.1 Å². The summed E-state index contributed by atoms with van der Waals surface area (Å²) >= 11 is 7.14. The Morgan fingerprint density at radius 1 is 0.976 bits per heavy atom. The van der Waals surface area contributed by atoms with Gasteiger partial charge in [0.15, 0.2) is 11.5 Å². The highest BCUT2D eigenvalue weighted by atomic mass is 35.5. The highest BCUT2D eigenvalue weighted by Crippen LogP contribution is 2.40. The van der Waals surface area contributed by atoms with Crippen LogP contribution in [0.1, 0.15) is 28.4 Å². The van der Waals surface area contributed by atoms with Crippen LogP contribution in [0.15, 0.2) is 106 Å². The number of rotatable bonds is 8. The van der Waals surface area contributed by atoms with Crippen LogP contribution in [0.3, 0.4) is 0 Å². The minimum Gasteiger partial charge on any atom is -0.506 e. The van der Waals surface area contributed by atoms with Crippen molar-refractivity contribution < 1.29 is 28.9 Å². The molecular formula is C33H26ClNO6S. The van der Waals surface area contributed by atoms with E-state index in [1.807, 2.05) is 24.3 Å².